The van der Waals surface area contributed by atoms with Crippen molar-refractivity contribution in [2.45, 2.75) is 56.6 Å². The van der Waals surface area contributed by atoms with E-state index in [0.29, 0.717) is 18.5 Å². The SMILES string of the molecule is C=CCNC(=NCC(=O)N(C)C)NC1CCOC2(CCCCC2)C1.I. The highest BCUT2D eigenvalue weighted by atomic mass is 127. The molecule has 7 heteroatoms. The van der Waals surface area contributed by atoms with Gasteiger partial charge in [0, 0.05) is 33.3 Å². The largest absolute Gasteiger partial charge is 0.375 e. The Kier molecular flexibility index (Phi) is 9.78. The number of carbonyl (C=O) groups is 1. The molecule has 1 amide bonds. The van der Waals surface area contributed by atoms with Gasteiger partial charge in [-0.25, -0.2) is 4.99 Å². The number of rotatable bonds is 5. The van der Waals surface area contributed by atoms with E-state index in [-0.39, 0.29) is 42.0 Å². The second-order valence-electron chi connectivity index (χ2n) is 7.05. The number of halogens is 1. The molecule has 2 rings (SSSR count). The van der Waals surface area contributed by atoms with Crippen molar-refractivity contribution in [2.75, 3.05) is 33.8 Å². The van der Waals surface area contributed by atoms with E-state index in [2.05, 4.69) is 22.2 Å². The van der Waals surface area contributed by atoms with Crippen LogP contribution in [0.1, 0.15) is 44.9 Å². The summed E-state index contributed by atoms with van der Waals surface area (Å²) in [6, 6.07) is 0.336. The Bertz CT molecular complexity index is 456. The number of nitrogens with zero attached hydrogens (tertiary/aromatic N) is 2. The number of hydrogen-bond acceptors (Lipinski definition) is 3. The molecular formula is C18H33IN4O2. The van der Waals surface area contributed by atoms with E-state index in [1.165, 1.54) is 19.3 Å². The van der Waals surface area contributed by atoms with Crippen LogP contribution in [0.2, 0.25) is 0 Å². The van der Waals surface area contributed by atoms with Gasteiger partial charge in [-0.3, -0.25) is 4.79 Å². The van der Waals surface area contributed by atoms with Crippen molar-refractivity contribution in [3.05, 3.63) is 12.7 Å². The number of hydrogen-bond donors (Lipinski definition) is 2. The predicted octanol–water partition coefficient (Wildman–Crippen LogP) is 2.30. The second kappa shape index (κ2) is 11.0. The lowest BCUT2D eigenvalue weighted by atomic mass is 9.78. The predicted molar refractivity (Wildman–Crippen MR) is 113 cm³/mol. The maximum Gasteiger partial charge on any atom is 0.243 e. The fraction of sp³-hybridized carbons (Fsp3) is 0.778. The van der Waals surface area contributed by atoms with E-state index in [1.54, 1.807) is 25.1 Å². The van der Waals surface area contributed by atoms with Crippen LogP contribution in [0.25, 0.3) is 0 Å². The van der Waals surface area contributed by atoms with Crippen LogP contribution in [0.15, 0.2) is 17.6 Å². The Labute approximate surface area is 168 Å². The fourth-order valence-corrected chi connectivity index (χ4v) is 3.50. The number of ether oxygens (including phenoxy) is 1. The zero-order valence-electron chi connectivity index (χ0n) is 15.6. The van der Waals surface area contributed by atoms with Gasteiger partial charge in [0.05, 0.1) is 5.60 Å². The number of amides is 1. The number of aliphatic imine (C=N–C) groups is 1. The molecule has 1 heterocycles. The van der Waals surface area contributed by atoms with Gasteiger partial charge in [0.1, 0.15) is 6.54 Å². The lowest BCUT2D eigenvalue weighted by Gasteiger charge is -2.44. The Morgan fingerprint density at radius 1 is 1.36 bits per heavy atom. The summed E-state index contributed by atoms with van der Waals surface area (Å²) < 4.78 is 6.15. The summed E-state index contributed by atoms with van der Waals surface area (Å²) in [6.07, 6.45) is 9.95. The molecule has 0 radical (unpaired) electrons. The highest BCUT2D eigenvalue weighted by Gasteiger charge is 2.38. The van der Waals surface area contributed by atoms with Gasteiger partial charge in [0.2, 0.25) is 5.91 Å². The van der Waals surface area contributed by atoms with Crippen molar-refractivity contribution < 1.29 is 9.53 Å². The van der Waals surface area contributed by atoms with Gasteiger partial charge in [-0.05, 0) is 25.7 Å². The van der Waals surface area contributed by atoms with E-state index in [0.717, 1.165) is 32.3 Å². The number of nitrogens with one attached hydrogen (secondary N) is 2. The summed E-state index contributed by atoms with van der Waals surface area (Å²) in [5.74, 6) is 0.674. The lowest BCUT2D eigenvalue weighted by molar-refractivity contribution is -0.127. The van der Waals surface area contributed by atoms with Crippen molar-refractivity contribution in [3.8, 4) is 0 Å². The van der Waals surface area contributed by atoms with Crippen LogP contribution in [-0.2, 0) is 9.53 Å². The maximum absolute atomic E-state index is 11.8. The summed E-state index contributed by atoms with van der Waals surface area (Å²) in [4.78, 5) is 17.8. The molecule has 1 atom stereocenters. The van der Waals surface area contributed by atoms with Gasteiger partial charge >= 0.3 is 0 Å². The minimum absolute atomic E-state index is 0. The van der Waals surface area contributed by atoms with Crippen LogP contribution in [-0.4, -0.2) is 62.2 Å². The average molecular weight is 464 g/mol. The normalized spacial score (nSPS) is 22.6. The van der Waals surface area contributed by atoms with E-state index in [4.69, 9.17) is 4.74 Å². The Hall–Kier alpha value is -0.830. The van der Waals surface area contributed by atoms with Crippen LogP contribution in [0.5, 0.6) is 0 Å². The molecule has 1 saturated heterocycles. The molecule has 1 spiro atoms. The molecule has 0 aromatic rings. The summed E-state index contributed by atoms with van der Waals surface area (Å²) in [5, 5.41) is 6.71. The highest BCUT2D eigenvalue weighted by molar-refractivity contribution is 14.0. The van der Waals surface area contributed by atoms with Gasteiger partial charge < -0.3 is 20.3 Å². The van der Waals surface area contributed by atoms with Crippen molar-refractivity contribution in [1.29, 1.82) is 0 Å². The number of carbonyl (C=O) groups excluding carboxylic acids is 1. The number of likely N-dealkylation sites (N-methyl/N-ethyl adjacent to an activating group) is 1. The Balaban J connectivity index is 0.00000312. The lowest BCUT2D eigenvalue weighted by Crippen LogP contribution is -2.52. The molecule has 2 aliphatic rings. The molecule has 0 aromatic carbocycles. The van der Waals surface area contributed by atoms with Gasteiger partial charge in [-0.2, -0.15) is 0 Å². The topological polar surface area (TPSA) is 66.0 Å². The second-order valence-corrected chi connectivity index (χ2v) is 7.05. The molecule has 2 fully saturated rings. The van der Waals surface area contributed by atoms with Crippen LogP contribution in [0.4, 0.5) is 0 Å². The van der Waals surface area contributed by atoms with Crippen LogP contribution >= 0.6 is 24.0 Å². The van der Waals surface area contributed by atoms with E-state index in [9.17, 15) is 4.79 Å². The Morgan fingerprint density at radius 2 is 2.08 bits per heavy atom. The molecule has 0 aromatic heterocycles. The third-order valence-electron chi connectivity index (χ3n) is 4.88. The fourth-order valence-electron chi connectivity index (χ4n) is 3.50. The molecule has 144 valence electrons. The quantitative estimate of drug-likeness (QED) is 0.284. The van der Waals surface area contributed by atoms with Crippen LogP contribution < -0.4 is 10.6 Å². The maximum atomic E-state index is 11.8. The summed E-state index contributed by atoms with van der Waals surface area (Å²) in [6.45, 7) is 5.29. The molecule has 0 bridgehead atoms. The van der Waals surface area contributed by atoms with Crippen LogP contribution in [0.3, 0.4) is 0 Å². The summed E-state index contributed by atoms with van der Waals surface area (Å²) >= 11 is 0. The van der Waals surface area contributed by atoms with Gasteiger partial charge in [-0.15, -0.1) is 30.6 Å². The van der Waals surface area contributed by atoms with E-state index < -0.39 is 0 Å². The standard InChI is InChI=1S/C18H32N4O2.HI/c1-4-11-19-17(20-14-16(23)22(2)3)21-15-8-12-24-18(13-15)9-6-5-7-10-18;/h4,15H,1,5-14H2,2-3H3,(H2,19,20,21);1H. The zero-order valence-corrected chi connectivity index (χ0v) is 17.9. The van der Waals surface area contributed by atoms with Crippen molar-refractivity contribution in [2.24, 2.45) is 4.99 Å². The first-order valence-electron chi connectivity index (χ1n) is 9.04. The summed E-state index contributed by atoms with van der Waals surface area (Å²) in [5.41, 5.74) is 0.0527. The molecule has 1 aliphatic heterocycles. The minimum Gasteiger partial charge on any atom is -0.375 e. The first-order valence-corrected chi connectivity index (χ1v) is 9.04. The average Bonchev–Trinajstić information content (AvgIpc) is 2.57. The molecular weight excluding hydrogens is 431 g/mol. The molecule has 2 N–H and O–H groups in total. The van der Waals surface area contributed by atoms with Crippen molar-refractivity contribution >= 4 is 35.8 Å². The zero-order chi connectivity index (χ0) is 17.4. The molecule has 1 saturated carbocycles. The van der Waals surface area contributed by atoms with Crippen molar-refractivity contribution in [1.82, 2.24) is 15.5 Å². The van der Waals surface area contributed by atoms with Crippen molar-refractivity contribution in [3.63, 3.8) is 0 Å². The van der Waals surface area contributed by atoms with Gasteiger partial charge in [0.15, 0.2) is 5.96 Å². The van der Waals surface area contributed by atoms with Crippen LogP contribution in [0, 0.1) is 0 Å². The van der Waals surface area contributed by atoms with Gasteiger partial charge in [-0.1, -0.05) is 25.3 Å². The smallest absolute Gasteiger partial charge is 0.243 e. The third kappa shape index (κ3) is 7.13. The number of guanidine groups is 1. The third-order valence-corrected chi connectivity index (χ3v) is 4.88. The molecule has 1 aliphatic carbocycles. The van der Waals surface area contributed by atoms with Gasteiger partial charge in [0.25, 0.3) is 0 Å². The first kappa shape index (κ1) is 22.2. The van der Waals surface area contributed by atoms with E-state index >= 15 is 0 Å². The Morgan fingerprint density at radius 3 is 2.72 bits per heavy atom. The van der Waals surface area contributed by atoms with E-state index in [1.807, 2.05) is 0 Å². The minimum atomic E-state index is -0.00886. The summed E-state index contributed by atoms with van der Waals surface area (Å²) in [7, 11) is 3.49. The molecule has 6 nitrogen and oxygen atoms in total. The monoisotopic (exact) mass is 464 g/mol. The first-order chi connectivity index (χ1) is 11.5. The highest BCUT2D eigenvalue weighted by Crippen LogP contribution is 2.38. The molecule has 25 heavy (non-hydrogen) atoms. The molecule has 1 unspecified atom stereocenters.